The maximum Gasteiger partial charge on any atom is 0.362 e. The van der Waals surface area contributed by atoms with Gasteiger partial charge in [-0.05, 0) is 57.6 Å². The van der Waals surface area contributed by atoms with E-state index in [0.717, 1.165) is 18.4 Å². The van der Waals surface area contributed by atoms with Crippen LogP contribution in [0.2, 0.25) is 0 Å². The van der Waals surface area contributed by atoms with Crippen LogP contribution in [0.1, 0.15) is 113 Å². The van der Waals surface area contributed by atoms with Gasteiger partial charge in [0.1, 0.15) is 0 Å². The van der Waals surface area contributed by atoms with Gasteiger partial charge < -0.3 is 9.30 Å². The number of hydrogen-bond acceptors (Lipinski definition) is 5. The number of esters is 1. The smallest absolute Gasteiger partial charge is 0.362 e. The topological polar surface area (TPSA) is 64.4 Å². The highest BCUT2D eigenvalue weighted by atomic mass is 16.5. The number of aromatic nitrogens is 2. The summed E-state index contributed by atoms with van der Waals surface area (Å²) in [6, 6.07) is 9.55. The molecule has 0 N–H and O–H groups in total. The standard InChI is InChI=1S/C29H41N3O3/c1-2-35-29(34)27-28(33)32(26-18-11-10-17-25(26)30-27)24-19-22-15-12-16-23(20-24)31(22)21-13-8-6-4-3-5-7-9-14-21/h10-11,17-18,21-24H,2-9,12-16,19-20H2,1H3/t22-,23+,24?. The molecule has 3 fully saturated rings. The Bertz CT molecular complexity index is 1060. The van der Waals surface area contributed by atoms with Crippen LogP contribution in [0, 0.1) is 0 Å². The van der Waals surface area contributed by atoms with Crippen molar-refractivity contribution in [3.05, 3.63) is 40.3 Å². The molecule has 2 saturated heterocycles. The lowest BCUT2D eigenvalue weighted by molar-refractivity contribution is -0.0239. The number of carbonyl (C=O) groups excluding carboxylic acids is 1. The zero-order valence-corrected chi connectivity index (χ0v) is 21.3. The summed E-state index contributed by atoms with van der Waals surface area (Å²) >= 11 is 0. The first-order valence-corrected chi connectivity index (χ1v) is 14.1. The van der Waals surface area contributed by atoms with Crippen molar-refractivity contribution in [3.8, 4) is 0 Å². The minimum absolute atomic E-state index is 0.0783. The van der Waals surface area contributed by atoms with Crippen molar-refractivity contribution in [2.24, 2.45) is 0 Å². The van der Waals surface area contributed by atoms with E-state index < -0.39 is 5.97 Å². The number of nitrogens with zero attached hydrogens (tertiary/aromatic N) is 3. The first kappa shape index (κ1) is 24.5. The van der Waals surface area contributed by atoms with E-state index in [1.54, 1.807) is 6.92 Å². The third-order valence-electron chi connectivity index (χ3n) is 8.63. The largest absolute Gasteiger partial charge is 0.461 e. The summed E-state index contributed by atoms with van der Waals surface area (Å²) in [5.74, 6) is -0.615. The molecule has 2 bridgehead atoms. The molecule has 1 unspecified atom stereocenters. The van der Waals surface area contributed by atoms with E-state index in [-0.39, 0.29) is 23.9 Å². The first-order chi connectivity index (χ1) is 17.2. The number of hydrogen-bond donors (Lipinski definition) is 0. The van der Waals surface area contributed by atoms with Gasteiger partial charge >= 0.3 is 5.97 Å². The van der Waals surface area contributed by atoms with Crippen LogP contribution in [-0.2, 0) is 4.74 Å². The summed E-state index contributed by atoms with van der Waals surface area (Å²) in [6.07, 6.45) is 17.9. The van der Waals surface area contributed by atoms with E-state index in [0.29, 0.717) is 23.6 Å². The number of para-hydroxylation sites is 2. The van der Waals surface area contributed by atoms with Crippen molar-refractivity contribution in [1.29, 1.82) is 0 Å². The molecule has 0 radical (unpaired) electrons. The fourth-order valence-electron chi connectivity index (χ4n) is 7.13. The highest BCUT2D eigenvalue weighted by Crippen LogP contribution is 2.42. The molecule has 2 aliphatic heterocycles. The quantitative estimate of drug-likeness (QED) is 0.502. The summed E-state index contributed by atoms with van der Waals surface area (Å²) in [7, 11) is 0. The minimum Gasteiger partial charge on any atom is -0.461 e. The van der Waals surface area contributed by atoms with Crippen LogP contribution in [0.25, 0.3) is 11.0 Å². The van der Waals surface area contributed by atoms with E-state index in [2.05, 4.69) is 9.88 Å². The van der Waals surface area contributed by atoms with Crippen molar-refractivity contribution in [1.82, 2.24) is 14.5 Å². The molecule has 3 atom stereocenters. The number of ether oxygens (including phenoxy) is 1. The van der Waals surface area contributed by atoms with Gasteiger partial charge in [0.25, 0.3) is 5.56 Å². The van der Waals surface area contributed by atoms with E-state index in [9.17, 15) is 9.59 Å². The molecule has 1 aromatic carbocycles. The molecule has 35 heavy (non-hydrogen) atoms. The molecule has 2 aromatic rings. The van der Waals surface area contributed by atoms with Crippen molar-refractivity contribution in [2.45, 2.75) is 121 Å². The maximum absolute atomic E-state index is 13.6. The number of rotatable bonds is 4. The molecule has 3 heterocycles. The highest BCUT2D eigenvalue weighted by Gasteiger charge is 2.42. The van der Waals surface area contributed by atoms with Crippen LogP contribution in [0.15, 0.2) is 29.1 Å². The monoisotopic (exact) mass is 479 g/mol. The first-order valence-electron chi connectivity index (χ1n) is 14.1. The second-order valence-corrected chi connectivity index (χ2v) is 10.9. The summed E-state index contributed by atoms with van der Waals surface area (Å²) < 4.78 is 7.08. The third-order valence-corrected chi connectivity index (χ3v) is 8.63. The molecular formula is C29H41N3O3. The molecular weight excluding hydrogens is 438 g/mol. The highest BCUT2D eigenvalue weighted by molar-refractivity contribution is 5.89. The van der Waals surface area contributed by atoms with Crippen LogP contribution in [-0.4, -0.2) is 45.2 Å². The average molecular weight is 480 g/mol. The van der Waals surface area contributed by atoms with Crippen molar-refractivity contribution >= 4 is 17.0 Å². The minimum atomic E-state index is -0.615. The Labute approximate surface area is 209 Å². The number of piperidine rings is 2. The van der Waals surface area contributed by atoms with Gasteiger partial charge in [-0.3, -0.25) is 9.69 Å². The van der Waals surface area contributed by atoms with Crippen molar-refractivity contribution in [2.75, 3.05) is 6.61 Å². The fourth-order valence-corrected chi connectivity index (χ4v) is 7.13. The van der Waals surface area contributed by atoms with Crippen LogP contribution in [0.4, 0.5) is 0 Å². The third kappa shape index (κ3) is 5.18. The van der Waals surface area contributed by atoms with Crippen LogP contribution >= 0.6 is 0 Å². The fraction of sp³-hybridized carbons (Fsp3) is 0.690. The van der Waals surface area contributed by atoms with E-state index in [4.69, 9.17) is 4.74 Å². The summed E-state index contributed by atoms with van der Waals surface area (Å²) in [4.78, 5) is 33.6. The zero-order chi connectivity index (χ0) is 24.2. The van der Waals surface area contributed by atoms with E-state index in [1.807, 2.05) is 28.8 Å². The maximum atomic E-state index is 13.6. The number of carbonyl (C=O) groups is 1. The number of fused-ring (bicyclic) bond motifs is 3. The number of benzene rings is 1. The molecule has 6 nitrogen and oxygen atoms in total. The van der Waals surface area contributed by atoms with Crippen molar-refractivity contribution in [3.63, 3.8) is 0 Å². The van der Waals surface area contributed by atoms with Crippen LogP contribution in [0.3, 0.4) is 0 Å². The van der Waals surface area contributed by atoms with Gasteiger partial charge in [-0.2, -0.15) is 0 Å². The summed E-state index contributed by atoms with van der Waals surface area (Å²) in [5, 5.41) is 0. The normalized spacial score (nSPS) is 26.9. The van der Waals surface area contributed by atoms with Gasteiger partial charge in [-0.15, -0.1) is 0 Å². The van der Waals surface area contributed by atoms with Crippen LogP contribution in [0.5, 0.6) is 0 Å². The Balaban J connectivity index is 1.46. The Hall–Kier alpha value is -2.21. The Kier molecular flexibility index (Phi) is 7.86. The molecule has 3 aliphatic rings. The molecule has 5 rings (SSSR count). The SMILES string of the molecule is CCOC(=O)c1nc2ccccc2n(C2C[C@H]3CCC[C@@H](C2)N3C2CCCCCCCCC2)c1=O. The summed E-state index contributed by atoms with van der Waals surface area (Å²) in [5.41, 5.74) is 1.15. The molecule has 0 spiro atoms. The van der Waals surface area contributed by atoms with Crippen LogP contribution < -0.4 is 5.56 Å². The van der Waals surface area contributed by atoms with Crippen molar-refractivity contribution < 1.29 is 9.53 Å². The van der Waals surface area contributed by atoms with Gasteiger partial charge in [0.2, 0.25) is 5.69 Å². The summed E-state index contributed by atoms with van der Waals surface area (Å²) in [6.45, 7) is 1.99. The molecule has 1 aromatic heterocycles. The van der Waals surface area contributed by atoms with E-state index >= 15 is 0 Å². The Morgan fingerprint density at radius 2 is 1.46 bits per heavy atom. The lowest BCUT2D eigenvalue weighted by Gasteiger charge is -2.53. The molecule has 0 amide bonds. The van der Waals surface area contributed by atoms with Gasteiger partial charge in [0.05, 0.1) is 17.6 Å². The second-order valence-electron chi connectivity index (χ2n) is 10.9. The Morgan fingerprint density at radius 3 is 2.11 bits per heavy atom. The predicted molar refractivity (Wildman–Crippen MR) is 139 cm³/mol. The molecule has 190 valence electrons. The molecule has 6 heteroatoms. The van der Waals surface area contributed by atoms with Gasteiger partial charge in [0, 0.05) is 24.2 Å². The molecule has 1 aliphatic carbocycles. The van der Waals surface area contributed by atoms with E-state index in [1.165, 1.54) is 77.0 Å². The Morgan fingerprint density at radius 1 is 0.857 bits per heavy atom. The second kappa shape index (κ2) is 11.2. The lowest BCUT2D eigenvalue weighted by atomic mass is 9.79. The molecule has 1 saturated carbocycles. The predicted octanol–water partition coefficient (Wildman–Crippen LogP) is 6.02. The lowest BCUT2D eigenvalue weighted by Crippen LogP contribution is -2.57. The van der Waals surface area contributed by atoms with Gasteiger partial charge in [-0.1, -0.05) is 63.5 Å². The zero-order valence-electron chi connectivity index (χ0n) is 21.3. The van der Waals surface area contributed by atoms with Gasteiger partial charge in [0.15, 0.2) is 0 Å². The average Bonchev–Trinajstić information content (AvgIpc) is 2.86. The van der Waals surface area contributed by atoms with Gasteiger partial charge in [-0.25, -0.2) is 9.78 Å².